The van der Waals surface area contributed by atoms with E-state index in [0.717, 1.165) is 18.9 Å². The molecule has 1 atom stereocenters. The van der Waals surface area contributed by atoms with Gasteiger partial charge in [0, 0.05) is 30.0 Å². The van der Waals surface area contributed by atoms with Crippen molar-refractivity contribution >= 4 is 40.1 Å². The molecule has 0 aliphatic heterocycles. The third kappa shape index (κ3) is 3.67. The van der Waals surface area contributed by atoms with E-state index >= 15 is 0 Å². The molecule has 2 aromatic heterocycles. The van der Waals surface area contributed by atoms with Crippen LogP contribution in [0.1, 0.15) is 41.4 Å². The number of nitrogens with zero attached hydrogens (tertiary/aromatic N) is 2. The highest BCUT2D eigenvalue weighted by Gasteiger charge is 2.30. The average molecular weight is 415 g/mol. The van der Waals surface area contributed by atoms with E-state index in [1.54, 1.807) is 13.2 Å². The van der Waals surface area contributed by atoms with E-state index in [9.17, 15) is 9.18 Å². The molecule has 4 N–H and O–H groups in total. The van der Waals surface area contributed by atoms with Gasteiger partial charge < -0.3 is 15.6 Å². The molecule has 1 amide bonds. The summed E-state index contributed by atoms with van der Waals surface area (Å²) in [7, 11) is 1.62. The maximum atomic E-state index is 14.5. The van der Waals surface area contributed by atoms with Gasteiger partial charge in [-0.1, -0.05) is 11.6 Å². The molecule has 4 rings (SSSR count). The van der Waals surface area contributed by atoms with Crippen LogP contribution in [0.25, 0.3) is 11.2 Å². The van der Waals surface area contributed by atoms with E-state index in [4.69, 9.17) is 17.0 Å². The number of anilines is 1. The first kappa shape index (κ1) is 19.3. The molecular weight excluding hydrogens is 395 g/mol. The second-order valence-corrected chi connectivity index (χ2v) is 7.63. The van der Waals surface area contributed by atoms with E-state index in [2.05, 4.69) is 25.6 Å². The van der Waals surface area contributed by atoms with Crippen LogP contribution in [-0.2, 0) is 0 Å². The first-order valence-corrected chi connectivity index (χ1v) is 9.68. The minimum atomic E-state index is -0.640. The summed E-state index contributed by atoms with van der Waals surface area (Å²) in [6.45, 7) is 1.99. The lowest BCUT2D eigenvalue weighted by Gasteiger charge is -2.13. The molecule has 0 spiro atoms. The topological polar surface area (TPSA) is 107 Å². The number of carbonyl (C=O) groups is 1. The van der Waals surface area contributed by atoms with Crippen molar-refractivity contribution in [3.05, 3.63) is 52.2 Å². The van der Waals surface area contributed by atoms with Gasteiger partial charge in [-0.05, 0) is 37.8 Å². The number of carbonyl (C=O) groups excluding carboxylic acids is 1. The maximum absolute atomic E-state index is 14.5. The van der Waals surface area contributed by atoms with Gasteiger partial charge in [0.2, 0.25) is 0 Å². The lowest BCUT2D eigenvalue weighted by Crippen LogP contribution is -2.33. The Bertz CT molecular complexity index is 1120. The standard InChI is InChI=1S/C20H20ClFN6O/c1-9(10-3-4-10)27-20(29)12-7-25-19-18(12)28-15(8-26-19)17(23)16-13(22)5-11(21)6-14(16)24-2/h5-10,23-24H,3-4H2,1-2H3,(H,25,26)(H,27,29). The fraction of sp³-hybridized carbons (Fsp3) is 0.300. The molecule has 2 heterocycles. The predicted molar refractivity (Wildman–Crippen MR) is 110 cm³/mol. The zero-order valence-electron chi connectivity index (χ0n) is 15.9. The molecule has 1 unspecified atom stereocenters. The van der Waals surface area contributed by atoms with Gasteiger partial charge in [-0.2, -0.15) is 0 Å². The van der Waals surface area contributed by atoms with E-state index in [-0.39, 0.29) is 33.9 Å². The van der Waals surface area contributed by atoms with Crippen LogP contribution in [0.2, 0.25) is 5.02 Å². The van der Waals surface area contributed by atoms with Gasteiger partial charge in [0.25, 0.3) is 5.91 Å². The minimum Gasteiger partial charge on any atom is -0.387 e. The molecule has 3 aromatic rings. The van der Waals surface area contributed by atoms with Gasteiger partial charge in [-0.3, -0.25) is 10.2 Å². The summed E-state index contributed by atoms with van der Waals surface area (Å²) in [5.74, 6) is -0.368. The van der Waals surface area contributed by atoms with Crippen LogP contribution in [0.4, 0.5) is 10.1 Å². The van der Waals surface area contributed by atoms with Crippen molar-refractivity contribution in [2.45, 2.75) is 25.8 Å². The van der Waals surface area contributed by atoms with Crippen molar-refractivity contribution in [2.75, 3.05) is 12.4 Å². The number of aromatic nitrogens is 3. The summed E-state index contributed by atoms with van der Waals surface area (Å²) in [5.41, 5.74) is 1.52. The smallest absolute Gasteiger partial charge is 0.255 e. The lowest BCUT2D eigenvalue weighted by atomic mass is 10.0. The molecule has 1 aromatic carbocycles. The van der Waals surface area contributed by atoms with Gasteiger partial charge >= 0.3 is 0 Å². The third-order valence-corrected chi connectivity index (χ3v) is 5.36. The van der Waals surface area contributed by atoms with Crippen LogP contribution >= 0.6 is 11.6 Å². The van der Waals surface area contributed by atoms with E-state index in [1.807, 2.05) is 6.92 Å². The molecule has 29 heavy (non-hydrogen) atoms. The van der Waals surface area contributed by atoms with Crippen LogP contribution in [0.5, 0.6) is 0 Å². The second-order valence-electron chi connectivity index (χ2n) is 7.19. The summed E-state index contributed by atoms with van der Waals surface area (Å²) >= 11 is 5.91. The Morgan fingerprint density at radius 2 is 2.17 bits per heavy atom. The van der Waals surface area contributed by atoms with E-state index < -0.39 is 5.82 Å². The highest BCUT2D eigenvalue weighted by molar-refractivity contribution is 6.31. The number of rotatable bonds is 6. The highest BCUT2D eigenvalue weighted by Crippen LogP contribution is 2.32. The summed E-state index contributed by atoms with van der Waals surface area (Å²) in [6.07, 6.45) is 5.17. The largest absolute Gasteiger partial charge is 0.387 e. The molecule has 1 saturated carbocycles. The Morgan fingerprint density at radius 3 is 2.86 bits per heavy atom. The Morgan fingerprint density at radius 1 is 1.41 bits per heavy atom. The minimum absolute atomic E-state index is 0.0365. The number of amides is 1. The predicted octanol–water partition coefficient (Wildman–Crippen LogP) is 3.74. The highest BCUT2D eigenvalue weighted by atomic mass is 35.5. The zero-order valence-corrected chi connectivity index (χ0v) is 16.7. The van der Waals surface area contributed by atoms with Gasteiger partial charge in [0.1, 0.15) is 17.0 Å². The summed E-state index contributed by atoms with van der Waals surface area (Å²) in [5, 5.41) is 14.5. The van der Waals surface area contributed by atoms with E-state index in [0.29, 0.717) is 28.3 Å². The maximum Gasteiger partial charge on any atom is 0.255 e. The molecule has 150 valence electrons. The number of nitrogens with one attached hydrogen (secondary N) is 4. The number of aromatic amines is 1. The normalized spacial score (nSPS) is 14.6. The molecule has 1 aliphatic rings. The van der Waals surface area contributed by atoms with Crippen molar-refractivity contribution in [3.63, 3.8) is 0 Å². The molecule has 0 radical (unpaired) electrons. The summed E-state index contributed by atoms with van der Waals surface area (Å²) < 4.78 is 14.5. The fourth-order valence-corrected chi connectivity index (χ4v) is 3.54. The first-order chi connectivity index (χ1) is 13.9. The van der Waals surface area contributed by atoms with Crippen molar-refractivity contribution in [2.24, 2.45) is 5.92 Å². The van der Waals surface area contributed by atoms with Crippen LogP contribution in [0.3, 0.4) is 0 Å². The number of benzene rings is 1. The molecule has 0 bridgehead atoms. The Kier molecular flexibility index (Phi) is 4.96. The van der Waals surface area contributed by atoms with Crippen molar-refractivity contribution in [1.29, 1.82) is 5.41 Å². The molecule has 1 fully saturated rings. The third-order valence-electron chi connectivity index (χ3n) is 5.14. The monoisotopic (exact) mass is 414 g/mol. The van der Waals surface area contributed by atoms with Crippen LogP contribution in [0.15, 0.2) is 24.5 Å². The quantitative estimate of drug-likeness (QED) is 0.461. The number of hydrogen-bond acceptors (Lipinski definition) is 5. The molecular formula is C20H20ClFN6O. The average Bonchev–Trinajstić information content (AvgIpc) is 3.45. The van der Waals surface area contributed by atoms with E-state index in [1.165, 1.54) is 12.3 Å². The van der Waals surface area contributed by atoms with Crippen molar-refractivity contribution < 1.29 is 9.18 Å². The van der Waals surface area contributed by atoms with Crippen LogP contribution in [-0.4, -0.2) is 39.7 Å². The first-order valence-electron chi connectivity index (χ1n) is 9.30. The molecule has 0 saturated heterocycles. The molecule has 9 heteroatoms. The molecule has 7 nitrogen and oxygen atoms in total. The second kappa shape index (κ2) is 7.44. The van der Waals surface area contributed by atoms with Gasteiger partial charge in [0.15, 0.2) is 5.65 Å². The van der Waals surface area contributed by atoms with Gasteiger partial charge in [-0.15, -0.1) is 0 Å². The fourth-order valence-electron chi connectivity index (χ4n) is 3.34. The number of halogens is 2. The van der Waals surface area contributed by atoms with Crippen LogP contribution in [0, 0.1) is 17.1 Å². The SMILES string of the molecule is CNc1cc(Cl)cc(F)c1C(=N)c1cnc2[nH]cc(C(=O)NC(C)C3CC3)c2n1. The van der Waals surface area contributed by atoms with Crippen molar-refractivity contribution in [1.82, 2.24) is 20.3 Å². The lowest BCUT2D eigenvalue weighted by molar-refractivity contribution is 0.0937. The molecule has 1 aliphatic carbocycles. The Hall–Kier alpha value is -3.00. The Labute approximate surface area is 171 Å². The number of fused-ring (bicyclic) bond motifs is 1. The summed E-state index contributed by atoms with van der Waals surface area (Å²) in [6, 6.07) is 2.77. The summed E-state index contributed by atoms with van der Waals surface area (Å²) in [4.78, 5) is 24.3. The van der Waals surface area contributed by atoms with Crippen LogP contribution < -0.4 is 10.6 Å². The van der Waals surface area contributed by atoms with Crippen molar-refractivity contribution in [3.8, 4) is 0 Å². The van der Waals surface area contributed by atoms with Gasteiger partial charge in [-0.25, -0.2) is 14.4 Å². The van der Waals surface area contributed by atoms with Gasteiger partial charge in [0.05, 0.1) is 23.0 Å². The zero-order chi connectivity index (χ0) is 20.7. The Balaban J connectivity index is 1.70. The number of H-pyrrole nitrogens is 1. The number of hydrogen-bond donors (Lipinski definition) is 4.